The fourth-order valence-electron chi connectivity index (χ4n) is 3.31. The molecule has 3 nitrogen and oxygen atoms in total. The second-order valence-electron chi connectivity index (χ2n) is 6.19. The van der Waals surface area contributed by atoms with Gasteiger partial charge >= 0.3 is 0 Å². The van der Waals surface area contributed by atoms with Gasteiger partial charge in [-0.1, -0.05) is 38.0 Å². The van der Waals surface area contributed by atoms with Crippen molar-refractivity contribution >= 4 is 16.7 Å². The number of aromatic nitrogens is 2. The second kappa shape index (κ2) is 5.39. The second-order valence-corrected chi connectivity index (χ2v) is 6.19. The Balaban J connectivity index is 1.78. The largest absolute Gasteiger partial charge is 0.299 e. The summed E-state index contributed by atoms with van der Waals surface area (Å²) in [5.74, 6) is 1.42. The van der Waals surface area contributed by atoms with E-state index in [0.717, 1.165) is 35.4 Å². The summed E-state index contributed by atoms with van der Waals surface area (Å²) in [6, 6.07) is 8.14. The van der Waals surface area contributed by atoms with Crippen LogP contribution in [0.25, 0.3) is 10.9 Å². The van der Waals surface area contributed by atoms with Crippen molar-refractivity contribution in [2.45, 2.75) is 39.0 Å². The van der Waals surface area contributed by atoms with Crippen LogP contribution in [-0.2, 0) is 18.3 Å². The Morgan fingerprint density at radius 3 is 2.70 bits per heavy atom. The van der Waals surface area contributed by atoms with Gasteiger partial charge < -0.3 is 0 Å². The van der Waals surface area contributed by atoms with E-state index in [2.05, 4.69) is 24.2 Å². The molecule has 3 heteroatoms. The molecule has 0 aliphatic heterocycles. The van der Waals surface area contributed by atoms with E-state index in [0.29, 0.717) is 12.2 Å². The van der Waals surface area contributed by atoms with Crippen LogP contribution < -0.4 is 0 Å². The summed E-state index contributed by atoms with van der Waals surface area (Å²) in [7, 11) is 1.94. The lowest BCUT2D eigenvalue weighted by atomic mass is 9.80. The summed E-state index contributed by atoms with van der Waals surface area (Å²) in [5, 5.41) is 5.65. The Kier molecular flexibility index (Phi) is 3.60. The summed E-state index contributed by atoms with van der Waals surface area (Å²) < 4.78 is 1.88. The smallest absolute Gasteiger partial charge is 0.142 e. The number of hydrogen-bond donors (Lipinski definition) is 0. The van der Waals surface area contributed by atoms with Gasteiger partial charge in [0.25, 0.3) is 0 Å². The Hall–Kier alpha value is -1.64. The minimum absolute atomic E-state index is 0.256. The van der Waals surface area contributed by atoms with Crippen LogP contribution in [0.3, 0.4) is 0 Å². The normalized spacial score (nSPS) is 23.1. The van der Waals surface area contributed by atoms with Crippen molar-refractivity contribution in [3.63, 3.8) is 0 Å². The van der Waals surface area contributed by atoms with Crippen molar-refractivity contribution in [2.75, 3.05) is 0 Å². The van der Waals surface area contributed by atoms with Gasteiger partial charge in [0.2, 0.25) is 0 Å². The fraction of sp³-hybridized carbons (Fsp3) is 0.529. The van der Waals surface area contributed by atoms with Crippen LogP contribution in [-0.4, -0.2) is 15.6 Å². The molecule has 1 aromatic carbocycles. The average Bonchev–Trinajstić information content (AvgIpc) is 2.77. The lowest BCUT2D eigenvalue weighted by molar-refractivity contribution is -0.123. The van der Waals surface area contributed by atoms with Crippen molar-refractivity contribution in [2.24, 2.45) is 18.9 Å². The number of carbonyl (C=O) groups is 1. The van der Waals surface area contributed by atoms with Gasteiger partial charge in [-0.3, -0.25) is 9.48 Å². The van der Waals surface area contributed by atoms with Crippen LogP contribution in [0.4, 0.5) is 0 Å². The van der Waals surface area contributed by atoms with Gasteiger partial charge in [-0.05, 0) is 24.8 Å². The van der Waals surface area contributed by atoms with Crippen molar-refractivity contribution in [1.29, 1.82) is 0 Å². The molecule has 0 saturated heterocycles. The molecule has 0 amide bonds. The van der Waals surface area contributed by atoms with Gasteiger partial charge in [0.05, 0.1) is 17.6 Å². The molecule has 1 aliphatic rings. The molecule has 20 heavy (non-hydrogen) atoms. The van der Waals surface area contributed by atoms with Gasteiger partial charge in [0.15, 0.2) is 0 Å². The molecule has 1 saturated carbocycles. The zero-order valence-electron chi connectivity index (χ0n) is 12.3. The van der Waals surface area contributed by atoms with E-state index in [1.165, 1.54) is 12.8 Å². The number of Topliss-reactive ketones (excluding diaryl/α,β-unsaturated/α-hetero) is 1. The van der Waals surface area contributed by atoms with E-state index in [9.17, 15) is 4.79 Å². The summed E-state index contributed by atoms with van der Waals surface area (Å²) in [4.78, 5) is 12.5. The molecule has 3 rings (SSSR count). The first kappa shape index (κ1) is 13.3. The molecule has 1 fully saturated rings. The lowest BCUT2D eigenvalue weighted by Gasteiger charge is -2.24. The first-order chi connectivity index (χ1) is 9.65. The first-order valence-electron chi connectivity index (χ1n) is 7.58. The minimum atomic E-state index is 0.256. The molecule has 0 bridgehead atoms. The minimum Gasteiger partial charge on any atom is -0.299 e. The molecule has 0 atom stereocenters. The third kappa shape index (κ3) is 2.49. The SMILES string of the molecule is CC1CCC(C(=O)Cc2nn(C)c3ccccc23)CC1. The maximum atomic E-state index is 12.5. The van der Waals surface area contributed by atoms with Gasteiger partial charge in [0, 0.05) is 18.4 Å². The molecule has 0 unspecified atom stereocenters. The van der Waals surface area contributed by atoms with Crippen molar-refractivity contribution in [3.05, 3.63) is 30.0 Å². The highest BCUT2D eigenvalue weighted by atomic mass is 16.1. The molecule has 1 heterocycles. The highest BCUT2D eigenvalue weighted by Crippen LogP contribution is 2.30. The van der Waals surface area contributed by atoms with Crippen LogP contribution in [0, 0.1) is 11.8 Å². The zero-order valence-corrected chi connectivity index (χ0v) is 12.3. The Morgan fingerprint density at radius 1 is 1.25 bits per heavy atom. The summed E-state index contributed by atoms with van der Waals surface area (Å²) >= 11 is 0. The maximum Gasteiger partial charge on any atom is 0.142 e. The number of fused-ring (bicyclic) bond motifs is 1. The lowest BCUT2D eigenvalue weighted by Crippen LogP contribution is -2.22. The fourth-order valence-corrected chi connectivity index (χ4v) is 3.31. The number of nitrogens with zero attached hydrogens (tertiary/aromatic N) is 2. The standard InChI is InChI=1S/C17H22N2O/c1-12-7-9-13(10-8-12)17(20)11-15-14-5-3-4-6-16(14)19(2)18-15/h3-6,12-13H,7-11H2,1-2H3. The summed E-state index contributed by atoms with van der Waals surface area (Å²) in [6.45, 7) is 2.28. The number of para-hydroxylation sites is 1. The van der Waals surface area contributed by atoms with Crippen LogP contribution in [0.5, 0.6) is 0 Å². The number of hydrogen-bond acceptors (Lipinski definition) is 2. The van der Waals surface area contributed by atoms with Gasteiger partial charge in [0.1, 0.15) is 5.78 Å². The maximum absolute atomic E-state index is 12.5. The highest BCUT2D eigenvalue weighted by molar-refractivity contribution is 5.89. The topological polar surface area (TPSA) is 34.9 Å². The van der Waals surface area contributed by atoms with Crippen LogP contribution >= 0.6 is 0 Å². The Labute approximate surface area is 120 Å². The Bertz CT molecular complexity index is 621. The van der Waals surface area contributed by atoms with E-state index < -0.39 is 0 Å². The van der Waals surface area contributed by atoms with E-state index in [4.69, 9.17) is 0 Å². The molecule has 0 radical (unpaired) electrons. The number of rotatable bonds is 3. The molecular weight excluding hydrogens is 248 g/mol. The molecule has 0 spiro atoms. The third-order valence-corrected chi connectivity index (χ3v) is 4.65. The number of aryl methyl sites for hydroxylation is 1. The molecule has 0 N–H and O–H groups in total. The molecule has 106 valence electrons. The molecule has 1 aliphatic carbocycles. The van der Waals surface area contributed by atoms with E-state index in [1.807, 2.05) is 23.9 Å². The van der Waals surface area contributed by atoms with Crippen molar-refractivity contribution in [1.82, 2.24) is 9.78 Å². The van der Waals surface area contributed by atoms with E-state index in [1.54, 1.807) is 0 Å². The first-order valence-corrected chi connectivity index (χ1v) is 7.58. The predicted octanol–water partition coefficient (Wildman–Crippen LogP) is 3.51. The molecule has 1 aromatic heterocycles. The zero-order chi connectivity index (χ0) is 14.1. The van der Waals surface area contributed by atoms with Crippen molar-refractivity contribution < 1.29 is 4.79 Å². The van der Waals surface area contributed by atoms with Gasteiger partial charge in [-0.2, -0.15) is 5.10 Å². The van der Waals surface area contributed by atoms with E-state index >= 15 is 0 Å². The van der Waals surface area contributed by atoms with Crippen molar-refractivity contribution in [3.8, 4) is 0 Å². The molecular formula is C17H22N2O. The monoisotopic (exact) mass is 270 g/mol. The van der Waals surface area contributed by atoms with Crippen LogP contribution in [0.1, 0.15) is 38.3 Å². The van der Waals surface area contributed by atoms with Gasteiger partial charge in [-0.15, -0.1) is 0 Å². The average molecular weight is 270 g/mol. The number of ketones is 1. The summed E-state index contributed by atoms with van der Waals surface area (Å²) in [5.41, 5.74) is 2.04. The van der Waals surface area contributed by atoms with Crippen LogP contribution in [0.2, 0.25) is 0 Å². The van der Waals surface area contributed by atoms with Crippen LogP contribution in [0.15, 0.2) is 24.3 Å². The number of carbonyl (C=O) groups excluding carboxylic acids is 1. The Morgan fingerprint density at radius 2 is 1.95 bits per heavy atom. The van der Waals surface area contributed by atoms with E-state index in [-0.39, 0.29) is 5.92 Å². The predicted molar refractivity (Wildman–Crippen MR) is 80.5 cm³/mol. The summed E-state index contributed by atoms with van der Waals surface area (Å²) in [6.07, 6.45) is 4.99. The number of benzene rings is 1. The molecule has 2 aromatic rings. The third-order valence-electron chi connectivity index (χ3n) is 4.65. The quantitative estimate of drug-likeness (QED) is 0.855. The van der Waals surface area contributed by atoms with Gasteiger partial charge in [-0.25, -0.2) is 0 Å². The highest BCUT2D eigenvalue weighted by Gasteiger charge is 2.25.